The number of anilines is 1. The van der Waals surface area contributed by atoms with Crippen LogP contribution in [-0.2, 0) is 11.3 Å². The summed E-state index contributed by atoms with van der Waals surface area (Å²) in [4.78, 5) is 25.8. The summed E-state index contributed by atoms with van der Waals surface area (Å²) in [6.07, 6.45) is 2.49. The van der Waals surface area contributed by atoms with E-state index in [-0.39, 0.29) is 11.9 Å². The number of hydrogen-bond donors (Lipinski definition) is 1. The SMILES string of the molecule is CC(=O)Nc1ccc(OC(=O)c2cccc(CN3CCCC3)c2)cc1. The van der Waals surface area contributed by atoms with Crippen molar-refractivity contribution >= 4 is 17.6 Å². The van der Waals surface area contributed by atoms with Crippen molar-refractivity contribution in [3.8, 4) is 5.75 Å². The number of carbonyl (C=O) groups excluding carboxylic acids is 2. The molecule has 5 heteroatoms. The van der Waals surface area contributed by atoms with Crippen LogP contribution in [0, 0.1) is 0 Å². The Morgan fingerprint density at radius 3 is 2.48 bits per heavy atom. The lowest BCUT2D eigenvalue weighted by Gasteiger charge is -2.15. The zero-order valence-electron chi connectivity index (χ0n) is 14.3. The topological polar surface area (TPSA) is 58.6 Å². The zero-order chi connectivity index (χ0) is 17.6. The number of ether oxygens (including phenoxy) is 1. The van der Waals surface area contributed by atoms with E-state index in [1.165, 1.54) is 19.8 Å². The van der Waals surface area contributed by atoms with E-state index < -0.39 is 0 Å². The molecule has 1 aliphatic rings. The summed E-state index contributed by atoms with van der Waals surface area (Å²) in [6, 6.07) is 14.3. The van der Waals surface area contributed by atoms with Crippen LogP contribution in [0.15, 0.2) is 48.5 Å². The van der Waals surface area contributed by atoms with E-state index in [0.717, 1.165) is 25.2 Å². The second-order valence-electron chi connectivity index (χ2n) is 6.28. The summed E-state index contributed by atoms with van der Waals surface area (Å²) in [7, 11) is 0. The van der Waals surface area contributed by atoms with Crippen molar-refractivity contribution < 1.29 is 14.3 Å². The summed E-state index contributed by atoms with van der Waals surface area (Å²) >= 11 is 0. The minimum atomic E-state index is -0.379. The van der Waals surface area contributed by atoms with Gasteiger partial charge in [0.2, 0.25) is 5.91 Å². The van der Waals surface area contributed by atoms with E-state index in [9.17, 15) is 9.59 Å². The fourth-order valence-electron chi connectivity index (χ4n) is 2.97. The number of rotatable bonds is 5. The van der Waals surface area contributed by atoms with E-state index in [2.05, 4.69) is 10.2 Å². The maximum Gasteiger partial charge on any atom is 0.343 e. The summed E-state index contributed by atoms with van der Waals surface area (Å²) in [5, 5.41) is 2.67. The Morgan fingerprint density at radius 1 is 1.08 bits per heavy atom. The van der Waals surface area contributed by atoms with Crippen LogP contribution in [0.5, 0.6) is 5.75 Å². The second-order valence-corrected chi connectivity index (χ2v) is 6.28. The molecule has 0 atom stereocenters. The van der Waals surface area contributed by atoms with Crippen LogP contribution >= 0.6 is 0 Å². The summed E-state index contributed by atoms with van der Waals surface area (Å²) in [6.45, 7) is 4.56. The van der Waals surface area contributed by atoms with Gasteiger partial charge in [-0.2, -0.15) is 0 Å². The Labute approximate surface area is 147 Å². The molecule has 0 bridgehead atoms. The summed E-state index contributed by atoms with van der Waals surface area (Å²) in [5.74, 6) is -0.0702. The van der Waals surface area contributed by atoms with E-state index in [4.69, 9.17) is 4.74 Å². The smallest absolute Gasteiger partial charge is 0.343 e. The van der Waals surface area contributed by atoms with Gasteiger partial charge >= 0.3 is 5.97 Å². The number of esters is 1. The molecule has 3 rings (SSSR count). The van der Waals surface area contributed by atoms with Gasteiger partial charge < -0.3 is 10.1 Å². The van der Waals surface area contributed by atoms with Crippen molar-refractivity contribution in [2.45, 2.75) is 26.3 Å². The lowest BCUT2D eigenvalue weighted by atomic mass is 10.1. The quantitative estimate of drug-likeness (QED) is 0.670. The highest BCUT2D eigenvalue weighted by molar-refractivity contribution is 5.91. The highest BCUT2D eigenvalue weighted by Gasteiger charge is 2.14. The summed E-state index contributed by atoms with van der Waals surface area (Å²) < 4.78 is 5.42. The standard InChI is InChI=1S/C20H22N2O3/c1-15(23)21-18-7-9-19(10-8-18)25-20(24)17-6-4-5-16(13-17)14-22-11-2-3-12-22/h4-10,13H,2-3,11-12,14H2,1H3,(H,21,23). The van der Waals surface area contributed by atoms with E-state index in [1.807, 2.05) is 18.2 Å². The molecule has 25 heavy (non-hydrogen) atoms. The maximum absolute atomic E-state index is 12.4. The first kappa shape index (κ1) is 17.2. The molecule has 0 radical (unpaired) electrons. The molecule has 0 saturated carbocycles. The lowest BCUT2D eigenvalue weighted by molar-refractivity contribution is -0.114. The van der Waals surface area contributed by atoms with Crippen LogP contribution in [0.2, 0.25) is 0 Å². The Bertz CT molecular complexity index is 750. The van der Waals surface area contributed by atoms with Gasteiger partial charge in [0.1, 0.15) is 5.75 Å². The third-order valence-corrected chi connectivity index (χ3v) is 4.15. The van der Waals surface area contributed by atoms with Crippen molar-refractivity contribution in [1.82, 2.24) is 4.90 Å². The molecule has 130 valence electrons. The first-order valence-electron chi connectivity index (χ1n) is 8.51. The van der Waals surface area contributed by atoms with Gasteiger partial charge in [0.15, 0.2) is 0 Å². The predicted octanol–water partition coefficient (Wildman–Crippen LogP) is 3.46. The maximum atomic E-state index is 12.4. The Morgan fingerprint density at radius 2 is 1.80 bits per heavy atom. The third kappa shape index (κ3) is 4.90. The Kier molecular flexibility index (Phi) is 5.46. The van der Waals surface area contributed by atoms with Gasteiger partial charge in [0.25, 0.3) is 0 Å². The zero-order valence-corrected chi connectivity index (χ0v) is 14.3. The molecule has 0 spiro atoms. The highest BCUT2D eigenvalue weighted by Crippen LogP contribution is 2.18. The number of nitrogens with zero attached hydrogens (tertiary/aromatic N) is 1. The molecular weight excluding hydrogens is 316 g/mol. The van der Waals surface area contributed by atoms with Gasteiger partial charge in [0, 0.05) is 19.2 Å². The van der Waals surface area contributed by atoms with Crippen molar-refractivity contribution in [2.75, 3.05) is 18.4 Å². The molecule has 0 aliphatic carbocycles. The molecule has 0 unspecified atom stereocenters. The molecule has 1 heterocycles. The van der Waals surface area contributed by atoms with Crippen LogP contribution in [-0.4, -0.2) is 29.9 Å². The van der Waals surface area contributed by atoms with Crippen molar-refractivity contribution in [1.29, 1.82) is 0 Å². The van der Waals surface area contributed by atoms with E-state index in [0.29, 0.717) is 17.0 Å². The van der Waals surface area contributed by atoms with Crippen LogP contribution in [0.3, 0.4) is 0 Å². The lowest BCUT2D eigenvalue weighted by Crippen LogP contribution is -2.18. The fraction of sp³-hybridized carbons (Fsp3) is 0.300. The van der Waals surface area contributed by atoms with E-state index >= 15 is 0 Å². The van der Waals surface area contributed by atoms with Crippen molar-refractivity contribution in [3.05, 3.63) is 59.7 Å². The Hall–Kier alpha value is -2.66. The van der Waals surface area contributed by atoms with Gasteiger partial charge in [0.05, 0.1) is 5.56 Å². The number of nitrogens with one attached hydrogen (secondary N) is 1. The monoisotopic (exact) mass is 338 g/mol. The molecule has 1 N–H and O–H groups in total. The first-order valence-corrected chi connectivity index (χ1v) is 8.51. The molecule has 5 nitrogen and oxygen atoms in total. The third-order valence-electron chi connectivity index (χ3n) is 4.15. The number of carbonyl (C=O) groups is 2. The fourth-order valence-corrected chi connectivity index (χ4v) is 2.97. The molecular formula is C20H22N2O3. The molecule has 2 aromatic carbocycles. The largest absolute Gasteiger partial charge is 0.423 e. The first-order chi connectivity index (χ1) is 12.1. The van der Waals surface area contributed by atoms with Gasteiger partial charge in [-0.15, -0.1) is 0 Å². The van der Waals surface area contributed by atoms with E-state index in [1.54, 1.807) is 30.3 Å². The van der Waals surface area contributed by atoms with Crippen LogP contribution in [0.4, 0.5) is 5.69 Å². The minimum Gasteiger partial charge on any atom is -0.423 e. The van der Waals surface area contributed by atoms with Gasteiger partial charge in [-0.25, -0.2) is 4.79 Å². The second kappa shape index (κ2) is 7.94. The normalized spacial score (nSPS) is 14.3. The molecule has 1 amide bonds. The summed E-state index contributed by atoms with van der Waals surface area (Å²) in [5.41, 5.74) is 2.33. The van der Waals surface area contributed by atoms with Crippen LogP contribution in [0.1, 0.15) is 35.7 Å². The van der Waals surface area contributed by atoms with Crippen molar-refractivity contribution in [3.63, 3.8) is 0 Å². The predicted molar refractivity (Wildman–Crippen MR) is 96.7 cm³/mol. The average molecular weight is 338 g/mol. The van der Waals surface area contributed by atoms with Gasteiger partial charge in [-0.05, 0) is 67.9 Å². The number of hydrogen-bond acceptors (Lipinski definition) is 4. The number of likely N-dealkylation sites (tertiary alicyclic amines) is 1. The number of benzene rings is 2. The molecule has 1 saturated heterocycles. The average Bonchev–Trinajstić information content (AvgIpc) is 3.09. The van der Waals surface area contributed by atoms with Crippen molar-refractivity contribution in [2.24, 2.45) is 0 Å². The van der Waals surface area contributed by atoms with Crippen LogP contribution < -0.4 is 10.1 Å². The molecule has 2 aromatic rings. The number of amides is 1. The molecule has 1 aliphatic heterocycles. The minimum absolute atomic E-state index is 0.139. The molecule has 0 aromatic heterocycles. The van der Waals surface area contributed by atoms with Crippen LogP contribution in [0.25, 0.3) is 0 Å². The van der Waals surface area contributed by atoms with Gasteiger partial charge in [-0.1, -0.05) is 12.1 Å². The van der Waals surface area contributed by atoms with Gasteiger partial charge in [-0.3, -0.25) is 9.69 Å². The Balaban J connectivity index is 1.63. The molecule has 1 fully saturated rings. The highest BCUT2D eigenvalue weighted by atomic mass is 16.5.